The number of nitrogens with zero attached hydrogens (tertiary/aromatic N) is 1. The normalized spacial score (nSPS) is 25.1. The quantitative estimate of drug-likeness (QED) is 0.903. The largest absolute Gasteiger partial charge is 0.343 e. The van der Waals surface area contributed by atoms with Gasteiger partial charge in [-0.1, -0.05) is 28.1 Å². The first-order chi connectivity index (χ1) is 8.01. The number of halogens is 1. The van der Waals surface area contributed by atoms with Gasteiger partial charge in [0, 0.05) is 24.6 Å². The molecule has 1 saturated heterocycles. The molecule has 1 aromatic carbocycles. The molecule has 0 aliphatic carbocycles. The minimum Gasteiger partial charge on any atom is -0.343 e. The molecule has 1 aromatic rings. The van der Waals surface area contributed by atoms with E-state index in [-0.39, 0.29) is 5.91 Å². The lowest BCUT2D eigenvalue weighted by atomic mass is 9.90. The van der Waals surface area contributed by atoms with Gasteiger partial charge in [0.1, 0.15) is 0 Å². The molecule has 1 unspecified atom stereocenters. The molecule has 92 valence electrons. The summed E-state index contributed by atoms with van der Waals surface area (Å²) in [5.41, 5.74) is 0.702. The molecule has 4 heteroatoms. The second kappa shape index (κ2) is 4.78. The molecule has 0 radical (unpaired) electrons. The third kappa shape index (κ3) is 2.69. The van der Waals surface area contributed by atoms with Crippen LogP contribution in [0.3, 0.4) is 0 Å². The highest BCUT2D eigenvalue weighted by Crippen LogP contribution is 2.20. The van der Waals surface area contributed by atoms with Crippen molar-refractivity contribution < 1.29 is 4.79 Å². The standard InChI is InChI=1S/C13H17BrN2O/c1-13(12(17)16(2)8-7-15-13)9-10-3-5-11(14)6-4-10/h3-6,15H,7-9H2,1-2H3. The van der Waals surface area contributed by atoms with Crippen LogP contribution in [0.5, 0.6) is 0 Å². The van der Waals surface area contributed by atoms with E-state index < -0.39 is 5.54 Å². The molecule has 2 rings (SSSR count). The molecule has 1 heterocycles. The Balaban J connectivity index is 2.16. The van der Waals surface area contributed by atoms with E-state index in [0.717, 1.165) is 24.0 Å². The molecule has 1 aliphatic rings. The first-order valence-electron chi connectivity index (χ1n) is 5.76. The summed E-state index contributed by atoms with van der Waals surface area (Å²) in [4.78, 5) is 14.0. The molecule has 17 heavy (non-hydrogen) atoms. The summed E-state index contributed by atoms with van der Waals surface area (Å²) in [7, 11) is 1.86. The molecule has 1 amide bonds. The van der Waals surface area contributed by atoms with Crippen LogP contribution in [0, 0.1) is 0 Å². The maximum absolute atomic E-state index is 12.2. The zero-order chi connectivity index (χ0) is 12.5. The lowest BCUT2D eigenvalue weighted by Crippen LogP contribution is -2.62. The van der Waals surface area contributed by atoms with Crippen molar-refractivity contribution >= 4 is 21.8 Å². The van der Waals surface area contributed by atoms with E-state index >= 15 is 0 Å². The van der Waals surface area contributed by atoms with Crippen molar-refractivity contribution in [1.82, 2.24) is 10.2 Å². The number of likely N-dealkylation sites (N-methyl/N-ethyl adjacent to an activating group) is 1. The first kappa shape index (κ1) is 12.6. The average molecular weight is 297 g/mol. The number of amides is 1. The molecule has 1 fully saturated rings. The van der Waals surface area contributed by atoms with Gasteiger partial charge in [0.2, 0.25) is 5.91 Å². The third-order valence-corrected chi connectivity index (χ3v) is 3.78. The lowest BCUT2D eigenvalue weighted by molar-refractivity contribution is -0.139. The number of nitrogens with one attached hydrogen (secondary N) is 1. The van der Waals surface area contributed by atoms with Crippen LogP contribution in [0.15, 0.2) is 28.7 Å². The SMILES string of the molecule is CN1CCNC(C)(Cc2ccc(Br)cc2)C1=O. The summed E-state index contributed by atoms with van der Waals surface area (Å²) in [6, 6.07) is 8.13. The second-order valence-electron chi connectivity index (χ2n) is 4.79. The molecule has 1 atom stereocenters. The van der Waals surface area contributed by atoms with Crippen molar-refractivity contribution in [2.45, 2.75) is 18.9 Å². The van der Waals surface area contributed by atoms with E-state index in [0.29, 0.717) is 0 Å². The number of carbonyl (C=O) groups excluding carboxylic acids is 1. The molecule has 1 N–H and O–H groups in total. The average Bonchev–Trinajstić information content (AvgIpc) is 2.29. The molecule has 0 saturated carbocycles. The summed E-state index contributed by atoms with van der Waals surface area (Å²) >= 11 is 3.41. The molecular formula is C13H17BrN2O. The fraction of sp³-hybridized carbons (Fsp3) is 0.462. The Morgan fingerprint density at radius 3 is 2.71 bits per heavy atom. The minimum atomic E-state index is -0.471. The maximum Gasteiger partial charge on any atom is 0.242 e. The number of carbonyl (C=O) groups is 1. The van der Waals surface area contributed by atoms with Crippen molar-refractivity contribution in [2.24, 2.45) is 0 Å². The van der Waals surface area contributed by atoms with Gasteiger partial charge in [0.05, 0.1) is 5.54 Å². The highest BCUT2D eigenvalue weighted by molar-refractivity contribution is 9.10. The maximum atomic E-state index is 12.2. The topological polar surface area (TPSA) is 32.3 Å². The fourth-order valence-electron chi connectivity index (χ4n) is 2.25. The number of piperazine rings is 1. The summed E-state index contributed by atoms with van der Waals surface area (Å²) in [5.74, 6) is 0.173. The van der Waals surface area contributed by atoms with Crippen molar-refractivity contribution in [2.75, 3.05) is 20.1 Å². The van der Waals surface area contributed by atoms with E-state index in [4.69, 9.17) is 0 Å². The van der Waals surface area contributed by atoms with Crippen LogP contribution in [0.4, 0.5) is 0 Å². The summed E-state index contributed by atoms with van der Waals surface area (Å²) in [6.07, 6.45) is 0.726. The molecular weight excluding hydrogens is 280 g/mol. The van der Waals surface area contributed by atoms with Crippen molar-refractivity contribution in [1.29, 1.82) is 0 Å². The first-order valence-corrected chi connectivity index (χ1v) is 6.56. The smallest absolute Gasteiger partial charge is 0.242 e. The Kier molecular flexibility index (Phi) is 3.54. The van der Waals surface area contributed by atoms with Crippen LogP contribution in [0.25, 0.3) is 0 Å². The Bertz CT molecular complexity index is 418. The van der Waals surface area contributed by atoms with Gasteiger partial charge < -0.3 is 10.2 Å². The van der Waals surface area contributed by atoms with Gasteiger partial charge in [-0.05, 0) is 31.0 Å². The predicted octanol–water partition coefficient (Wildman–Crippen LogP) is 1.81. The number of hydrogen-bond acceptors (Lipinski definition) is 2. The van der Waals surface area contributed by atoms with Gasteiger partial charge in [-0.15, -0.1) is 0 Å². The van der Waals surface area contributed by atoms with E-state index in [1.165, 1.54) is 5.56 Å². The predicted molar refractivity (Wildman–Crippen MR) is 71.9 cm³/mol. The van der Waals surface area contributed by atoms with Gasteiger partial charge >= 0.3 is 0 Å². The highest BCUT2D eigenvalue weighted by atomic mass is 79.9. The zero-order valence-electron chi connectivity index (χ0n) is 10.2. The Labute approximate surface area is 110 Å². The van der Waals surface area contributed by atoms with Gasteiger partial charge in [-0.2, -0.15) is 0 Å². The van der Waals surface area contributed by atoms with E-state index in [9.17, 15) is 4.79 Å². The lowest BCUT2D eigenvalue weighted by Gasteiger charge is -2.38. The van der Waals surface area contributed by atoms with Crippen LogP contribution in [-0.2, 0) is 11.2 Å². The van der Waals surface area contributed by atoms with E-state index in [2.05, 4.69) is 33.4 Å². The van der Waals surface area contributed by atoms with Gasteiger partial charge in [-0.3, -0.25) is 4.79 Å². The Hall–Kier alpha value is -0.870. The van der Waals surface area contributed by atoms with E-state index in [1.807, 2.05) is 26.1 Å². The van der Waals surface area contributed by atoms with E-state index in [1.54, 1.807) is 4.90 Å². The summed E-state index contributed by atoms with van der Waals surface area (Å²) in [5, 5.41) is 3.34. The summed E-state index contributed by atoms with van der Waals surface area (Å²) in [6.45, 7) is 3.62. The molecule has 3 nitrogen and oxygen atoms in total. The summed E-state index contributed by atoms with van der Waals surface area (Å²) < 4.78 is 1.06. The second-order valence-corrected chi connectivity index (χ2v) is 5.70. The van der Waals surface area contributed by atoms with Crippen LogP contribution >= 0.6 is 15.9 Å². The highest BCUT2D eigenvalue weighted by Gasteiger charge is 2.37. The number of benzene rings is 1. The van der Waals surface area contributed by atoms with Gasteiger partial charge in [-0.25, -0.2) is 0 Å². The molecule has 0 aromatic heterocycles. The van der Waals surface area contributed by atoms with Crippen molar-refractivity contribution in [3.63, 3.8) is 0 Å². The molecule has 1 aliphatic heterocycles. The van der Waals surface area contributed by atoms with Gasteiger partial charge in [0.25, 0.3) is 0 Å². The van der Waals surface area contributed by atoms with Crippen LogP contribution in [0.1, 0.15) is 12.5 Å². The van der Waals surface area contributed by atoms with Crippen molar-refractivity contribution in [3.05, 3.63) is 34.3 Å². The fourth-order valence-corrected chi connectivity index (χ4v) is 2.51. The number of hydrogen-bond donors (Lipinski definition) is 1. The van der Waals surface area contributed by atoms with Crippen LogP contribution in [-0.4, -0.2) is 36.5 Å². The van der Waals surface area contributed by atoms with Crippen LogP contribution in [0.2, 0.25) is 0 Å². The number of rotatable bonds is 2. The van der Waals surface area contributed by atoms with Gasteiger partial charge in [0.15, 0.2) is 0 Å². The zero-order valence-corrected chi connectivity index (χ0v) is 11.8. The third-order valence-electron chi connectivity index (χ3n) is 3.25. The molecule has 0 spiro atoms. The monoisotopic (exact) mass is 296 g/mol. The van der Waals surface area contributed by atoms with Crippen molar-refractivity contribution in [3.8, 4) is 0 Å². The Morgan fingerprint density at radius 2 is 2.06 bits per heavy atom. The minimum absolute atomic E-state index is 0.173. The Morgan fingerprint density at radius 1 is 1.41 bits per heavy atom. The molecule has 0 bridgehead atoms. The van der Waals surface area contributed by atoms with Crippen LogP contribution < -0.4 is 5.32 Å².